The summed E-state index contributed by atoms with van der Waals surface area (Å²) in [7, 11) is 0. The molecule has 6 heteroatoms. The number of rotatable bonds is 3. The predicted octanol–water partition coefficient (Wildman–Crippen LogP) is 4.45. The second-order valence-corrected chi connectivity index (χ2v) is 5.84. The predicted molar refractivity (Wildman–Crippen MR) is 101 cm³/mol. The molecule has 3 rings (SSSR count). The van der Waals surface area contributed by atoms with Crippen molar-refractivity contribution >= 4 is 51.7 Å². The highest BCUT2D eigenvalue weighted by Crippen LogP contribution is 2.22. The normalized spacial score (nSPS) is 11.0. The Morgan fingerprint density at radius 1 is 1.22 bits per heavy atom. The van der Waals surface area contributed by atoms with Crippen molar-refractivity contribution in [1.82, 2.24) is 10.4 Å². The van der Waals surface area contributed by atoms with Crippen LogP contribution >= 0.6 is 23.8 Å². The third kappa shape index (κ3) is 3.52. The zero-order chi connectivity index (χ0) is 16.2. The van der Waals surface area contributed by atoms with Gasteiger partial charge in [0.15, 0.2) is 5.11 Å². The van der Waals surface area contributed by atoms with Crippen LogP contribution in [0.4, 0.5) is 5.69 Å². The standard InChI is InChI=1S/C17H15ClN4S/c1-11-14(18)6-4-8-15(11)21-17(23)22-20-10-12-9-19-16-7-3-2-5-13(12)16/h2-10,19H,1H3,(H2,21,22,23)/b20-10+. The van der Waals surface area contributed by atoms with Gasteiger partial charge in [0.1, 0.15) is 0 Å². The molecule has 0 aliphatic heterocycles. The van der Waals surface area contributed by atoms with Crippen molar-refractivity contribution in [2.24, 2.45) is 5.10 Å². The van der Waals surface area contributed by atoms with Gasteiger partial charge in [0, 0.05) is 33.4 Å². The molecule has 0 fully saturated rings. The number of hydrazone groups is 1. The lowest BCUT2D eigenvalue weighted by atomic mass is 10.2. The lowest BCUT2D eigenvalue weighted by Crippen LogP contribution is -2.24. The molecule has 116 valence electrons. The Labute approximate surface area is 144 Å². The number of fused-ring (bicyclic) bond motifs is 1. The highest BCUT2D eigenvalue weighted by molar-refractivity contribution is 7.80. The maximum absolute atomic E-state index is 6.09. The SMILES string of the molecule is Cc1c(Cl)cccc1NC(=S)N/N=C/c1c[nH]c2ccccc12. The molecular weight excluding hydrogens is 328 g/mol. The van der Waals surface area contributed by atoms with E-state index in [-0.39, 0.29) is 0 Å². The Bertz CT molecular complexity index is 885. The zero-order valence-electron chi connectivity index (χ0n) is 12.4. The van der Waals surface area contributed by atoms with Crippen molar-refractivity contribution in [1.29, 1.82) is 0 Å². The molecule has 0 atom stereocenters. The van der Waals surface area contributed by atoms with E-state index >= 15 is 0 Å². The Morgan fingerprint density at radius 2 is 2.04 bits per heavy atom. The van der Waals surface area contributed by atoms with Crippen LogP contribution in [0.25, 0.3) is 10.9 Å². The molecule has 0 amide bonds. The van der Waals surface area contributed by atoms with Gasteiger partial charge in [0.2, 0.25) is 0 Å². The topological polar surface area (TPSA) is 52.2 Å². The van der Waals surface area contributed by atoms with Crippen molar-refractivity contribution < 1.29 is 0 Å². The van der Waals surface area contributed by atoms with E-state index in [4.69, 9.17) is 23.8 Å². The zero-order valence-corrected chi connectivity index (χ0v) is 14.0. The molecular formula is C17H15ClN4S. The van der Waals surface area contributed by atoms with Gasteiger partial charge in [-0.3, -0.25) is 5.43 Å². The fraction of sp³-hybridized carbons (Fsp3) is 0.0588. The van der Waals surface area contributed by atoms with E-state index in [1.54, 1.807) is 6.21 Å². The smallest absolute Gasteiger partial charge is 0.191 e. The number of para-hydroxylation sites is 1. The summed E-state index contributed by atoms with van der Waals surface area (Å²) in [6.45, 7) is 1.93. The number of anilines is 1. The fourth-order valence-corrected chi connectivity index (χ4v) is 2.59. The second kappa shape index (κ2) is 6.81. The molecule has 1 heterocycles. The maximum atomic E-state index is 6.09. The molecule has 2 aromatic carbocycles. The summed E-state index contributed by atoms with van der Waals surface area (Å²) in [5, 5.41) is 9.48. The van der Waals surface area contributed by atoms with Crippen LogP contribution < -0.4 is 10.7 Å². The summed E-state index contributed by atoms with van der Waals surface area (Å²) < 4.78 is 0. The van der Waals surface area contributed by atoms with Gasteiger partial charge in [0.25, 0.3) is 0 Å². The Hall–Kier alpha value is -2.37. The summed E-state index contributed by atoms with van der Waals surface area (Å²) in [6.07, 6.45) is 3.64. The lowest BCUT2D eigenvalue weighted by molar-refractivity contribution is 1.05. The molecule has 3 aromatic rings. The van der Waals surface area contributed by atoms with Crippen LogP contribution in [-0.2, 0) is 0 Å². The molecule has 0 spiro atoms. The van der Waals surface area contributed by atoms with Crippen molar-refractivity contribution in [3.8, 4) is 0 Å². The van der Waals surface area contributed by atoms with Gasteiger partial charge >= 0.3 is 0 Å². The molecule has 3 N–H and O–H groups in total. The first-order valence-electron chi connectivity index (χ1n) is 7.06. The summed E-state index contributed by atoms with van der Waals surface area (Å²) >= 11 is 11.3. The van der Waals surface area contributed by atoms with E-state index in [0.717, 1.165) is 27.7 Å². The number of aromatic amines is 1. The minimum atomic E-state index is 0.409. The van der Waals surface area contributed by atoms with E-state index in [1.165, 1.54) is 0 Å². The second-order valence-electron chi connectivity index (χ2n) is 5.03. The first-order chi connectivity index (χ1) is 11.1. The van der Waals surface area contributed by atoms with Crippen LogP contribution in [-0.4, -0.2) is 16.3 Å². The number of nitrogens with zero attached hydrogens (tertiary/aromatic N) is 1. The van der Waals surface area contributed by atoms with Gasteiger partial charge in [-0.15, -0.1) is 0 Å². The first kappa shape index (κ1) is 15.5. The van der Waals surface area contributed by atoms with E-state index in [0.29, 0.717) is 10.1 Å². The molecule has 0 saturated carbocycles. The Balaban J connectivity index is 1.66. The summed E-state index contributed by atoms with van der Waals surface area (Å²) in [6, 6.07) is 13.7. The monoisotopic (exact) mass is 342 g/mol. The maximum Gasteiger partial charge on any atom is 0.191 e. The van der Waals surface area contributed by atoms with Crippen LogP contribution in [0.2, 0.25) is 5.02 Å². The molecule has 0 bridgehead atoms. The Kier molecular flexibility index (Phi) is 4.60. The number of nitrogens with one attached hydrogen (secondary N) is 3. The van der Waals surface area contributed by atoms with Crippen LogP contribution in [0.3, 0.4) is 0 Å². The van der Waals surface area contributed by atoms with Crippen LogP contribution in [0.5, 0.6) is 0 Å². The number of thiocarbonyl (C=S) groups is 1. The van der Waals surface area contributed by atoms with Crippen LogP contribution in [0.1, 0.15) is 11.1 Å². The molecule has 4 nitrogen and oxygen atoms in total. The largest absolute Gasteiger partial charge is 0.361 e. The van der Waals surface area contributed by atoms with E-state index in [2.05, 4.69) is 20.8 Å². The fourth-order valence-electron chi connectivity index (χ4n) is 2.25. The average Bonchev–Trinajstić information content (AvgIpc) is 2.95. The molecule has 23 heavy (non-hydrogen) atoms. The van der Waals surface area contributed by atoms with Crippen LogP contribution in [0, 0.1) is 6.92 Å². The molecule has 0 unspecified atom stereocenters. The van der Waals surface area contributed by atoms with Gasteiger partial charge in [-0.05, 0) is 42.9 Å². The number of halogens is 1. The van der Waals surface area contributed by atoms with Gasteiger partial charge in [-0.2, -0.15) is 5.10 Å². The van der Waals surface area contributed by atoms with Crippen molar-refractivity contribution in [3.63, 3.8) is 0 Å². The van der Waals surface area contributed by atoms with Gasteiger partial charge in [-0.1, -0.05) is 35.9 Å². The summed E-state index contributed by atoms with van der Waals surface area (Å²) in [4.78, 5) is 3.20. The van der Waals surface area contributed by atoms with Gasteiger partial charge in [0.05, 0.1) is 6.21 Å². The third-order valence-corrected chi connectivity index (χ3v) is 4.11. The summed E-state index contributed by atoms with van der Waals surface area (Å²) in [5.74, 6) is 0. The van der Waals surface area contributed by atoms with Crippen molar-refractivity contribution in [2.75, 3.05) is 5.32 Å². The number of H-pyrrole nitrogens is 1. The minimum Gasteiger partial charge on any atom is -0.361 e. The highest BCUT2D eigenvalue weighted by Gasteiger charge is 2.03. The molecule has 0 saturated heterocycles. The van der Waals surface area contributed by atoms with Crippen molar-refractivity contribution in [2.45, 2.75) is 6.92 Å². The highest BCUT2D eigenvalue weighted by atomic mass is 35.5. The van der Waals surface area contributed by atoms with Crippen molar-refractivity contribution in [3.05, 3.63) is 64.8 Å². The van der Waals surface area contributed by atoms with E-state index < -0.39 is 0 Å². The molecule has 0 aliphatic carbocycles. The first-order valence-corrected chi connectivity index (χ1v) is 7.85. The minimum absolute atomic E-state index is 0.409. The van der Waals surface area contributed by atoms with Crippen LogP contribution in [0.15, 0.2) is 53.8 Å². The summed E-state index contributed by atoms with van der Waals surface area (Å²) in [5.41, 5.74) is 6.68. The number of hydrogen-bond donors (Lipinski definition) is 3. The Morgan fingerprint density at radius 3 is 2.91 bits per heavy atom. The third-order valence-electron chi connectivity index (χ3n) is 3.51. The number of benzene rings is 2. The number of aromatic nitrogens is 1. The van der Waals surface area contributed by atoms with Gasteiger partial charge < -0.3 is 10.3 Å². The quantitative estimate of drug-likeness (QED) is 0.374. The number of hydrogen-bond acceptors (Lipinski definition) is 2. The van der Waals surface area contributed by atoms with E-state index in [9.17, 15) is 0 Å². The molecule has 0 aliphatic rings. The van der Waals surface area contributed by atoms with Gasteiger partial charge in [-0.25, -0.2) is 0 Å². The molecule has 1 aromatic heterocycles. The van der Waals surface area contributed by atoms with E-state index in [1.807, 2.05) is 55.6 Å². The average molecular weight is 343 g/mol. The lowest BCUT2D eigenvalue weighted by Gasteiger charge is -2.10. The molecule has 0 radical (unpaired) electrons.